The molecular weight excluding hydrogens is 964 g/mol. The Balaban J connectivity index is -0.0000000576. The average molecular weight is 1030 g/mol. The van der Waals surface area contributed by atoms with Crippen LogP contribution in [0.3, 0.4) is 0 Å². The number of nitrogens with zero attached hydrogens (tertiary/aromatic N) is 8. The zero-order valence-electron chi connectivity index (χ0n) is 32.0. The summed E-state index contributed by atoms with van der Waals surface area (Å²) < 4.78 is 4.88. The molecule has 0 saturated carbocycles. The van der Waals surface area contributed by atoms with Crippen molar-refractivity contribution in [2.24, 2.45) is 0 Å². The number of ether oxygens (including phenoxy) is 1. The number of thioether (sulfide) groups is 1. The summed E-state index contributed by atoms with van der Waals surface area (Å²) in [6, 6.07) is 13.8. The van der Waals surface area contributed by atoms with E-state index in [1.54, 1.807) is 37.4 Å². The molecule has 346 valence electrons. The van der Waals surface area contributed by atoms with Gasteiger partial charge >= 0.3 is 59.1 Å². The van der Waals surface area contributed by atoms with Crippen LogP contribution in [0.5, 0.6) is 5.88 Å². The van der Waals surface area contributed by atoms with E-state index in [0.29, 0.717) is 49.8 Å². The minimum atomic E-state index is -0.153. The largest absolute Gasteiger partial charge is 1.00 e. The van der Waals surface area contributed by atoms with E-state index in [-0.39, 0.29) is 137 Å². The topological polar surface area (TPSA) is 233 Å². The van der Waals surface area contributed by atoms with Gasteiger partial charge in [0.25, 0.3) is 0 Å². The van der Waals surface area contributed by atoms with Gasteiger partial charge < -0.3 is 21.2 Å². The Morgan fingerprint density at radius 2 is 1.03 bits per heavy atom. The number of aromatic nitrogens is 12. The fraction of sp³-hybridized carbons (Fsp3) is 0.405. The molecule has 0 aliphatic carbocycles. The van der Waals surface area contributed by atoms with Gasteiger partial charge in [-0.2, -0.15) is 31.0 Å². The number of H-pyrrole nitrogens is 4. The predicted octanol–water partition coefficient (Wildman–Crippen LogP) is 4.18. The number of nitrogens with one attached hydrogen (secondary N) is 4. The Morgan fingerprint density at radius 1 is 0.629 bits per heavy atom. The molecule has 6 heterocycles. The number of rotatable bonds is 5. The minimum absolute atomic E-state index is 0. The normalized spacial score (nSPS) is 8.00. The maximum Gasteiger partial charge on any atom is 1.00 e. The standard InChI is InChI=1S/C8H9N5OS.C7H8ClNO.C6H5Cl2N.C6H6ClNO.C2H3ClN4.CH3O.7CH4.2Na.H2S.H/c1-5-2-7(14)9-8(3-5)15-4-6-10-12-13-11-6;1-5-3-6(8)9-7(4-5)10-2;1-4-2-5(7)9-6(8)3-4;1-4-2-5(7)8-6(9)3-4;3-1-2-4-6-7-5-2;1-2;;;;;;;;;;;/h2-3H,4H2,1H3,(H,9,14)(H,10,11,12,13);3-4H,1-2H3;2-3H,1H3;2-3H,1H3,(H,8,9);1H2,(H,4,5,6,7);1H3;7*1H4;;;1H2;/q;;;;;-1;;;;;;;;2*+1;;-1. The van der Waals surface area contributed by atoms with Gasteiger partial charge in [0.15, 0.2) is 11.6 Å². The molecule has 62 heavy (non-hydrogen) atoms. The van der Waals surface area contributed by atoms with Gasteiger partial charge in [-0.3, -0.25) is 9.59 Å². The Hall–Kier alpha value is -1.75. The third kappa shape index (κ3) is 39.8. The van der Waals surface area contributed by atoms with Crippen LogP contribution in [-0.2, 0) is 11.6 Å². The number of halogens is 5. The summed E-state index contributed by atoms with van der Waals surface area (Å²) in [4.78, 5) is 34.5. The number of hydrogen-bond acceptors (Lipinski definition) is 13. The third-order valence-corrected chi connectivity index (χ3v) is 7.16. The zero-order chi connectivity index (χ0) is 39.1. The summed E-state index contributed by atoms with van der Waals surface area (Å²) in [5.41, 5.74) is 3.65. The maximum atomic E-state index is 11.2. The van der Waals surface area contributed by atoms with Crippen LogP contribution in [0, 0.1) is 27.7 Å². The van der Waals surface area contributed by atoms with Crippen LogP contribution >= 0.6 is 83.3 Å². The van der Waals surface area contributed by atoms with Crippen molar-refractivity contribution in [2.45, 2.75) is 96.3 Å². The molecule has 25 heteroatoms. The summed E-state index contributed by atoms with van der Waals surface area (Å²) in [6.07, 6.45) is 0. The van der Waals surface area contributed by atoms with Gasteiger partial charge in [0.2, 0.25) is 17.0 Å². The molecule has 0 bridgehead atoms. The number of pyridine rings is 4. The van der Waals surface area contributed by atoms with Crippen molar-refractivity contribution >= 4 is 83.3 Å². The van der Waals surface area contributed by atoms with Gasteiger partial charge in [-0.25, -0.2) is 9.97 Å². The van der Waals surface area contributed by atoms with Crippen LogP contribution in [0.4, 0.5) is 0 Å². The Labute approximate surface area is 450 Å². The molecule has 0 spiro atoms. The molecule has 0 saturated heterocycles. The van der Waals surface area contributed by atoms with Gasteiger partial charge in [0.1, 0.15) is 20.6 Å². The van der Waals surface area contributed by atoms with Gasteiger partial charge in [0, 0.05) is 18.2 Å². The number of aryl methyl sites for hydroxylation is 4. The predicted molar refractivity (Wildman–Crippen MR) is 260 cm³/mol. The second kappa shape index (κ2) is 48.7. The molecule has 0 radical (unpaired) electrons. The summed E-state index contributed by atoms with van der Waals surface area (Å²) >= 11 is 29.0. The Bertz CT molecular complexity index is 1940. The molecular formula is C37H65Cl5N12Na2O4S2. The first-order valence-corrected chi connectivity index (χ1v) is 17.4. The first kappa shape index (κ1) is 83.8. The molecule has 4 N–H and O–H groups in total. The second-order valence-electron chi connectivity index (χ2n) is 9.63. The monoisotopic (exact) mass is 1030 g/mol. The molecule has 0 aliphatic rings. The van der Waals surface area contributed by atoms with Gasteiger partial charge in [-0.15, -0.1) is 43.8 Å². The number of alkyl halides is 1. The van der Waals surface area contributed by atoms with E-state index in [9.17, 15) is 9.59 Å². The molecule has 6 aromatic rings. The van der Waals surface area contributed by atoms with Crippen molar-refractivity contribution < 1.29 is 70.4 Å². The zero-order valence-corrected chi connectivity index (χ0v) is 40.6. The van der Waals surface area contributed by atoms with Crippen LogP contribution in [-0.4, -0.2) is 75.4 Å². The number of methoxy groups -OCH3 is 1. The number of tetrazole rings is 2. The summed E-state index contributed by atoms with van der Waals surface area (Å²) in [6.45, 7) is 7.56. The maximum absolute atomic E-state index is 11.2. The minimum Gasteiger partial charge on any atom is -1.00 e. The van der Waals surface area contributed by atoms with Gasteiger partial charge in [-0.1, -0.05) is 109 Å². The summed E-state index contributed by atoms with van der Waals surface area (Å²) in [7, 11) is 2.32. The Morgan fingerprint density at radius 3 is 1.37 bits per heavy atom. The number of aromatic amines is 4. The SMILES string of the molecule is C.C.C.C.C.C.C.COc1cc(C)cc(Cl)n1.C[O-].Cc1cc(Cl)[nH]c(=O)c1.Cc1cc(Cl)nc(Cl)c1.Cc1cc(SCc2nn[nH]n2)[nH]c(=O)c1.ClCc1nn[nH]n1.S.[H-].[Na+].[Na+]. The molecule has 0 aromatic carbocycles. The first-order valence-electron chi connectivity index (χ1n) is 14.4. The molecule has 0 fully saturated rings. The molecule has 16 nitrogen and oxygen atoms in total. The fourth-order valence-electron chi connectivity index (χ4n) is 3.27. The van der Waals surface area contributed by atoms with Crippen LogP contribution in [0.2, 0.25) is 20.6 Å². The van der Waals surface area contributed by atoms with Crippen LogP contribution in [0.1, 0.15) is 87.3 Å². The van der Waals surface area contributed by atoms with Crippen LogP contribution < -0.4 is 80.1 Å². The Kier molecular flexibility index (Phi) is 65.8. The smallest absolute Gasteiger partial charge is 1.00 e. The van der Waals surface area contributed by atoms with E-state index in [1.807, 2.05) is 39.8 Å². The second-order valence-corrected chi connectivity index (χ2v) is 12.5. The molecule has 0 atom stereocenters. The van der Waals surface area contributed by atoms with Crippen molar-refractivity contribution in [3.8, 4) is 5.88 Å². The number of hydrogen-bond donors (Lipinski definition) is 4. The van der Waals surface area contributed by atoms with E-state index >= 15 is 0 Å². The van der Waals surface area contributed by atoms with E-state index in [2.05, 4.69) is 61.2 Å². The molecule has 6 rings (SSSR count). The average Bonchev–Trinajstić information content (AvgIpc) is 3.79. The van der Waals surface area contributed by atoms with Crippen molar-refractivity contribution in [1.82, 2.24) is 61.2 Å². The molecule has 0 amide bonds. The van der Waals surface area contributed by atoms with Gasteiger partial charge in [0.05, 0.1) is 23.8 Å². The fourth-order valence-corrected chi connectivity index (χ4v) is 5.32. The van der Waals surface area contributed by atoms with Crippen molar-refractivity contribution in [1.29, 1.82) is 0 Å². The van der Waals surface area contributed by atoms with E-state index in [0.717, 1.165) is 34.4 Å². The first-order chi connectivity index (χ1) is 24.8. The third-order valence-electron chi connectivity index (χ3n) is 5.21. The van der Waals surface area contributed by atoms with Gasteiger partial charge in [-0.05, 0) is 80.3 Å². The molecule has 6 aromatic heterocycles. The van der Waals surface area contributed by atoms with Crippen molar-refractivity contribution in [3.63, 3.8) is 0 Å². The van der Waals surface area contributed by atoms with Crippen LogP contribution in [0.15, 0.2) is 63.1 Å². The van der Waals surface area contributed by atoms with Crippen LogP contribution in [0.25, 0.3) is 0 Å². The summed E-state index contributed by atoms with van der Waals surface area (Å²) in [5, 5.41) is 36.9. The summed E-state index contributed by atoms with van der Waals surface area (Å²) in [5.74, 6) is 2.60. The van der Waals surface area contributed by atoms with E-state index in [4.69, 9.17) is 67.8 Å². The molecule has 0 aliphatic heterocycles. The quantitative estimate of drug-likeness (QED) is 0.0823. The van der Waals surface area contributed by atoms with Crippen molar-refractivity contribution in [3.05, 3.63) is 124 Å². The van der Waals surface area contributed by atoms with E-state index < -0.39 is 0 Å². The van der Waals surface area contributed by atoms with Crippen molar-refractivity contribution in [2.75, 3.05) is 14.2 Å². The van der Waals surface area contributed by atoms with E-state index in [1.165, 1.54) is 17.8 Å². The molecule has 0 unspecified atom stereocenters.